The fraction of sp³-hybridized carbons (Fsp3) is 0.520. The molecule has 0 amide bonds. The highest BCUT2D eigenvalue weighted by atomic mass is 15.4. The Morgan fingerprint density at radius 2 is 1.90 bits per heavy atom. The van der Waals surface area contributed by atoms with Gasteiger partial charge in [-0.1, -0.05) is 38.2 Å². The highest BCUT2D eigenvalue weighted by Gasteiger charge is 2.23. The molecule has 166 valence electrons. The van der Waals surface area contributed by atoms with E-state index in [1.165, 1.54) is 56.1 Å². The van der Waals surface area contributed by atoms with E-state index in [1.807, 2.05) is 19.3 Å². The number of pyridine rings is 2. The summed E-state index contributed by atoms with van der Waals surface area (Å²) in [6, 6.07) is 8.46. The number of hydrazine groups is 1. The minimum Gasteiger partial charge on any atom is -0.395 e. The predicted molar refractivity (Wildman–Crippen MR) is 127 cm³/mol. The number of aryl methyl sites for hydroxylation is 1. The molecule has 2 aromatic heterocycles. The third-order valence-electron chi connectivity index (χ3n) is 6.71. The van der Waals surface area contributed by atoms with Crippen molar-refractivity contribution in [1.29, 1.82) is 0 Å². The summed E-state index contributed by atoms with van der Waals surface area (Å²) in [5.74, 6) is 8.46. The second-order valence-electron chi connectivity index (χ2n) is 9.22. The van der Waals surface area contributed by atoms with E-state index in [9.17, 15) is 0 Å². The predicted octanol–water partition coefficient (Wildman–Crippen LogP) is 4.33. The highest BCUT2D eigenvalue weighted by molar-refractivity contribution is 5.64. The molecular formula is C25H36N6. The van der Waals surface area contributed by atoms with E-state index in [1.54, 1.807) is 5.01 Å². The van der Waals surface area contributed by atoms with Crippen molar-refractivity contribution in [3.63, 3.8) is 0 Å². The van der Waals surface area contributed by atoms with Crippen molar-refractivity contribution < 1.29 is 0 Å². The van der Waals surface area contributed by atoms with Crippen LogP contribution in [0.1, 0.15) is 73.4 Å². The zero-order chi connectivity index (χ0) is 21.8. The van der Waals surface area contributed by atoms with Gasteiger partial charge < -0.3 is 16.1 Å². The average molecular weight is 421 g/mol. The maximum absolute atomic E-state index is 6.53. The number of aromatic nitrogens is 2. The molecular weight excluding hydrogens is 384 g/mol. The van der Waals surface area contributed by atoms with Crippen LogP contribution in [0, 0.1) is 12.8 Å². The molecule has 0 spiro atoms. The number of hydrogen-bond acceptors (Lipinski definition) is 6. The summed E-state index contributed by atoms with van der Waals surface area (Å²) < 4.78 is 0. The zero-order valence-corrected chi connectivity index (χ0v) is 18.9. The second kappa shape index (κ2) is 9.69. The summed E-state index contributed by atoms with van der Waals surface area (Å²) in [6.07, 6.45) is 12.3. The molecule has 4 rings (SSSR count). The van der Waals surface area contributed by atoms with Crippen LogP contribution in [0.5, 0.6) is 0 Å². The Bertz CT molecular complexity index is 925. The number of anilines is 1. The Morgan fingerprint density at radius 1 is 1.13 bits per heavy atom. The van der Waals surface area contributed by atoms with Crippen molar-refractivity contribution in [3.05, 3.63) is 58.7 Å². The van der Waals surface area contributed by atoms with Gasteiger partial charge in [0.1, 0.15) is 5.82 Å². The number of likely N-dealkylation sites (N-methyl/N-ethyl adjacent to an activating group) is 1. The Morgan fingerprint density at radius 3 is 2.58 bits per heavy atom. The zero-order valence-electron chi connectivity index (χ0n) is 18.9. The SMILES string of the molecule is Cc1nc(/C(N)=C(\CNc2cc(C3CC3)ccn2)N(C)N)ccc1CC1CCCCC1. The van der Waals surface area contributed by atoms with Gasteiger partial charge in [0.25, 0.3) is 0 Å². The molecule has 2 heterocycles. The lowest BCUT2D eigenvalue weighted by Crippen LogP contribution is -2.32. The molecule has 2 saturated carbocycles. The van der Waals surface area contributed by atoms with Gasteiger partial charge in [-0.3, -0.25) is 4.98 Å². The monoisotopic (exact) mass is 420 g/mol. The van der Waals surface area contributed by atoms with Crippen molar-refractivity contribution in [2.75, 3.05) is 18.9 Å². The lowest BCUT2D eigenvalue weighted by Gasteiger charge is -2.23. The first kappa shape index (κ1) is 21.6. The van der Waals surface area contributed by atoms with Gasteiger partial charge in [-0.05, 0) is 67.3 Å². The lowest BCUT2D eigenvalue weighted by molar-refractivity contribution is 0.356. The third kappa shape index (κ3) is 5.56. The molecule has 0 atom stereocenters. The fourth-order valence-corrected chi connectivity index (χ4v) is 4.60. The standard InChI is InChI=1S/C25H36N6/c1-17-20(14-18-6-4-3-5-7-18)10-11-22(30-17)25(26)23(31(2)27)16-29-24-15-21(12-13-28-24)19-8-9-19/h10-13,15,18-19H,3-9,14,16,26-27H2,1-2H3,(H,28,29)/b25-23-. The molecule has 0 aromatic carbocycles. The molecule has 2 aromatic rings. The van der Waals surface area contributed by atoms with E-state index in [0.29, 0.717) is 18.2 Å². The number of hydrogen-bond donors (Lipinski definition) is 3. The second-order valence-corrected chi connectivity index (χ2v) is 9.22. The van der Waals surface area contributed by atoms with Crippen LogP contribution in [0.25, 0.3) is 5.70 Å². The molecule has 2 aliphatic rings. The Labute approximate surface area is 186 Å². The van der Waals surface area contributed by atoms with E-state index in [2.05, 4.69) is 35.4 Å². The maximum Gasteiger partial charge on any atom is 0.126 e. The van der Waals surface area contributed by atoms with Gasteiger partial charge in [0.2, 0.25) is 0 Å². The van der Waals surface area contributed by atoms with E-state index < -0.39 is 0 Å². The number of nitrogens with one attached hydrogen (secondary N) is 1. The van der Waals surface area contributed by atoms with Crippen molar-refractivity contribution in [3.8, 4) is 0 Å². The topological polar surface area (TPSA) is 93.1 Å². The van der Waals surface area contributed by atoms with Crippen molar-refractivity contribution in [2.24, 2.45) is 17.5 Å². The smallest absolute Gasteiger partial charge is 0.126 e. The summed E-state index contributed by atoms with van der Waals surface area (Å²) in [7, 11) is 1.81. The van der Waals surface area contributed by atoms with Gasteiger partial charge in [0.05, 0.1) is 23.6 Å². The maximum atomic E-state index is 6.53. The molecule has 31 heavy (non-hydrogen) atoms. The van der Waals surface area contributed by atoms with Crippen LogP contribution in [0.15, 0.2) is 36.2 Å². The highest BCUT2D eigenvalue weighted by Crippen LogP contribution is 2.40. The molecule has 5 N–H and O–H groups in total. The molecule has 0 saturated heterocycles. The minimum absolute atomic E-state index is 0.491. The normalized spacial score (nSPS) is 17.9. The van der Waals surface area contributed by atoms with Crippen LogP contribution >= 0.6 is 0 Å². The van der Waals surface area contributed by atoms with E-state index in [0.717, 1.165) is 35.2 Å². The molecule has 6 nitrogen and oxygen atoms in total. The Hall–Kier alpha value is -2.60. The van der Waals surface area contributed by atoms with Crippen LogP contribution in [0.4, 0.5) is 5.82 Å². The molecule has 0 radical (unpaired) electrons. The Balaban J connectivity index is 1.47. The molecule has 0 unspecified atom stereocenters. The van der Waals surface area contributed by atoms with Crippen LogP contribution < -0.4 is 16.9 Å². The van der Waals surface area contributed by atoms with Gasteiger partial charge in [0, 0.05) is 18.9 Å². The molecule has 6 heteroatoms. The van der Waals surface area contributed by atoms with Crippen LogP contribution in [-0.2, 0) is 6.42 Å². The number of nitrogens with two attached hydrogens (primary N) is 2. The number of rotatable bonds is 8. The summed E-state index contributed by atoms with van der Waals surface area (Å²) in [4.78, 5) is 9.28. The third-order valence-corrected chi connectivity index (χ3v) is 6.71. The van der Waals surface area contributed by atoms with Gasteiger partial charge >= 0.3 is 0 Å². The number of nitrogens with zero attached hydrogens (tertiary/aromatic N) is 3. The molecule has 0 aliphatic heterocycles. The minimum atomic E-state index is 0.491. The van der Waals surface area contributed by atoms with Crippen LogP contribution in [0.3, 0.4) is 0 Å². The first-order chi connectivity index (χ1) is 15.0. The van der Waals surface area contributed by atoms with Gasteiger partial charge in [-0.25, -0.2) is 10.8 Å². The summed E-state index contributed by atoms with van der Waals surface area (Å²) in [5, 5.41) is 4.95. The van der Waals surface area contributed by atoms with Crippen LogP contribution in [0.2, 0.25) is 0 Å². The van der Waals surface area contributed by atoms with Crippen molar-refractivity contribution >= 4 is 11.5 Å². The van der Waals surface area contributed by atoms with Crippen LogP contribution in [-0.4, -0.2) is 28.6 Å². The van der Waals surface area contributed by atoms with E-state index in [-0.39, 0.29) is 0 Å². The molecule has 2 aliphatic carbocycles. The Kier molecular flexibility index (Phi) is 6.76. The van der Waals surface area contributed by atoms with Gasteiger partial charge in [-0.2, -0.15) is 0 Å². The van der Waals surface area contributed by atoms with E-state index in [4.69, 9.17) is 16.6 Å². The molecule has 2 fully saturated rings. The van der Waals surface area contributed by atoms with Crippen molar-refractivity contribution in [2.45, 2.75) is 64.2 Å². The summed E-state index contributed by atoms with van der Waals surface area (Å²) in [5.41, 5.74) is 12.5. The average Bonchev–Trinajstić information content (AvgIpc) is 3.61. The van der Waals surface area contributed by atoms with Crippen molar-refractivity contribution in [1.82, 2.24) is 15.0 Å². The fourth-order valence-electron chi connectivity index (χ4n) is 4.60. The largest absolute Gasteiger partial charge is 0.395 e. The van der Waals surface area contributed by atoms with E-state index >= 15 is 0 Å². The first-order valence-electron chi connectivity index (χ1n) is 11.6. The van der Waals surface area contributed by atoms with Gasteiger partial charge in [-0.15, -0.1) is 0 Å². The summed E-state index contributed by atoms with van der Waals surface area (Å²) >= 11 is 0. The summed E-state index contributed by atoms with van der Waals surface area (Å²) in [6.45, 7) is 2.58. The first-order valence-corrected chi connectivity index (χ1v) is 11.6. The van der Waals surface area contributed by atoms with Gasteiger partial charge in [0.15, 0.2) is 0 Å². The quantitative estimate of drug-likeness (QED) is 0.435. The molecule has 0 bridgehead atoms. The lowest BCUT2D eigenvalue weighted by atomic mass is 9.84.